The van der Waals surface area contributed by atoms with Crippen molar-refractivity contribution in [2.75, 3.05) is 30.4 Å². The van der Waals surface area contributed by atoms with E-state index in [1.54, 1.807) is 6.20 Å². The number of aryl methyl sites for hydroxylation is 1. The minimum Gasteiger partial charge on any atom is -0.358 e. The smallest absolute Gasteiger partial charge is 0.229 e. The average molecular weight is 456 g/mol. The van der Waals surface area contributed by atoms with Gasteiger partial charge in [0.15, 0.2) is 11.6 Å². The minimum atomic E-state index is -0.0223. The number of rotatable bonds is 6. The molecule has 0 spiro atoms. The maximum absolute atomic E-state index is 5.74. The molecule has 1 aliphatic rings. The highest BCUT2D eigenvalue weighted by Crippen LogP contribution is 2.36. The van der Waals surface area contributed by atoms with Crippen LogP contribution in [0.2, 0.25) is 0 Å². The second kappa shape index (κ2) is 9.72. The van der Waals surface area contributed by atoms with Crippen molar-refractivity contribution >= 4 is 17.6 Å². The number of anilines is 3. The highest BCUT2D eigenvalue weighted by atomic mass is 16.5. The van der Waals surface area contributed by atoms with Gasteiger partial charge < -0.3 is 20.1 Å². The van der Waals surface area contributed by atoms with Gasteiger partial charge in [-0.05, 0) is 44.9 Å². The molecule has 5 rings (SSSR count). The van der Waals surface area contributed by atoms with E-state index in [4.69, 9.17) is 14.5 Å². The molecule has 1 aliphatic heterocycles. The zero-order valence-corrected chi connectivity index (χ0v) is 19.0. The summed E-state index contributed by atoms with van der Waals surface area (Å²) >= 11 is 0. The van der Waals surface area contributed by atoms with Crippen LogP contribution in [0.4, 0.5) is 17.6 Å². The molecular formula is C24H25N9O. The van der Waals surface area contributed by atoms with Gasteiger partial charge in [-0.3, -0.25) is 10.1 Å². The fourth-order valence-electron chi connectivity index (χ4n) is 3.91. The molecule has 1 saturated heterocycles. The third-order valence-electron chi connectivity index (χ3n) is 5.45. The minimum absolute atomic E-state index is 0.0223. The first-order chi connectivity index (χ1) is 16.7. The fourth-order valence-corrected chi connectivity index (χ4v) is 3.91. The van der Waals surface area contributed by atoms with Gasteiger partial charge in [-0.2, -0.15) is 10.1 Å². The molecule has 0 aromatic carbocycles. The number of nitrogens with one attached hydrogen (secondary N) is 3. The summed E-state index contributed by atoms with van der Waals surface area (Å²) in [6, 6.07) is 11.4. The molecule has 1 atom stereocenters. The van der Waals surface area contributed by atoms with Crippen LogP contribution in [0.1, 0.15) is 36.0 Å². The summed E-state index contributed by atoms with van der Waals surface area (Å²) in [5.74, 6) is 8.86. The summed E-state index contributed by atoms with van der Waals surface area (Å²) in [6.07, 6.45) is 3.65. The van der Waals surface area contributed by atoms with E-state index in [0.717, 1.165) is 36.5 Å². The standard InChI is InChI=1S/C24H25N9O/c1-16-13-23(31-30-16)28-22-14-17(7-5-10-25-2)27-24(29-22)33-12-6-9-20(33)21-15-19(32-34-21)18-8-3-4-11-26-18/h3-4,8,11,13-15,20,25H,6,9-10,12H2,1-2H3,(H2,27,28,29,30,31). The zero-order chi connectivity index (χ0) is 23.3. The highest BCUT2D eigenvalue weighted by molar-refractivity contribution is 5.57. The number of hydrogen-bond acceptors (Lipinski definition) is 9. The molecule has 1 fully saturated rings. The van der Waals surface area contributed by atoms with E-state index < -0.39 is 0 Å². The molecule has 1 unspecified atom stereocenters. The Morgan fingerprint density at radius 1 is 1.18 bits per heavy atom. The Labute approximate surface area is 197 Å². The van der Waals surface area contributed by atoms with Crippen molar-refractivity contribution in [1.29, 1.82) is 0 Å². The molecule has 0 aliphatic carbocycles. The molecule has 34 heavy (non-hydrogen) atoms. The lowest BCUT2D eigenvalue weighted by molar-refractivity contribution is 0.362. The van der Waals surface area contributed by atoms with E-state index in [0.29, 0.717) is 35.5 Å². The van der Waals surface area contributed by atoms with Crippen LogP contribution in [-0.2, 0) is 0 Å². The number of pyridine rings is 1. The Balaban J connectivity index is 1.46. The fraction of sp³-hybridized carbons (Fsp3) is 0.292. The Morgan fingerprint density at radius 2 is 2.12 bits per heavy atom. The van der Waals surface area contributed by atoms with Crippen LogP contribution in [0, 0.1) is 18.8 Å². The topological polar surface area (TPSA) is 121 Å². The molecule has 0 bridgehead atoms. The molecule has 4 aromatic heterocycles. The van der Waals surface area contributed by atoms with Gasteiger partial charge in [0.25, 0.3) is 0 Å². The largest absolute Gasteiger partial charge is 0.358 e. The molecule has 172 valence electrons. The second-order valence-corrected chi connectivity index (χ2v) is 8.01. The van der Waals surface area contributed by atoms with Gasteiger partial charge in [-0.25, -0.2) is 4.98 Å². The Morgan fingerprint density at radius 3 is 2.91 bits per heavy atom. The van der Waals surface area contributed by atoms with Gasteiger partial charge in [0.05, 0.1) is 18.3 Å². The van der Waals surface area contributed by atoms with E-state index >= 15 is 0 Å². The van der Waals surface area contributed by atoms with Crippen LogP contribution >= 0.6 is 0 Å². The summed E-state index contributed by atoms with van der Waals surface area (Å²) in [5, 5.41) is 17.7. The number of aromatic amines is 1. The summed E-state index contributed by atoms with van der Waals surface area (Å²) in [5.41, 5.74) is 3.08. The van der Waals surface area contributed by atoms with Crippen molar-refractivity contribution < 1.29 is 4.52 Å². The van der Waals surface area contributed by atoms with Crippen molar-refractivity contribution in [1.82, 2.24) is 35.6 Å². The van der Waals surface area contributed by atoms with Crippen molar-refractivity contribution in [3.05, 3.63) is 59.7 Å². The van der Waals surface area contributed by atoms with Crippen molar-refractivity contribution in [2.45, 2.75) is 25.8 Å². The first-order valence-electron chi connectivity index (χ1n) is 11.2. The zero-order valence-electron chi connectivity index (χ0n) is 19.0. The van der Waals surface area contributed by atoms with Crippen LogP contribution in [0.25, 0.3) is 11.4 Å². The van der Waals surface area contributed by atoms with Gasteiger partial charge >= 0.3 is 0 Å². The van der Waals surface area contributed by atoms with Crippen LogP contribution in [0.5, 0.6) is 0 Å². The first kappa shape index (κ1) is 21.6. The first-order valence-corrected chi connectivity index (χ1v) is 11.2. The van der Waals surface area contributed by atoms with E-state index in [9.17, 15) is 0 Å². The average Bonchev–Trinajstić information content (AvgIpc) is 3.60. The van der Waals surface area contributed by atoms with Crippen LogP contribution in [0.3, 0.4) is 0 Å². The molecule has 10 nitrogen and oxygen atoms in total. The maximum atomic E-state index is 5.74. The molecule has 3 N–H and O–H groups in total. The van der Waals surface area contributed by atoms with Gasteiger partial charge in [-0.15, -0.1) is 0 Å². The molecule has 0 radical (unpaired) electrons. The van der Waals surface area contributed by atoms with Crippen LogP contribution < -0.4 is 15.5 Å². The third kappa shape index (κ3) is 4.74. The number of H-pyrrole nitrogens is 1. The lowest BCUT2D eigenvalue weighted by Gasteiger charge is -2.23. The van der Waals surface area contributed by atoms with E-state index in [1.165, 1.54) is 0 Å². The van der Waals surface area contributed by atoms with Crippen LogP contribution in [0.15, 0.2) is 47.1 Å². The van der Waals surface area contributed by atoms with Crippen molar-refractivity contribution in [2.24, 2.45) is 0 Å². The third-order valence-corrected chi connectivity index (χ3v) is 5.45. The normalized spacial score (nSPS) is 15.2. The van der Waals surface area contributed by atoms with E-state index in [-0.39, 0.29) is 6.04 Å². The van der Waals surface area contributed by atoms with E-state index in [2.05, 4.69) is 47.7 Å². The van der Waals surface area contributed by atoms with E-state index in [1.807, 2.05) is 50.4 Å². The summed E-state index contributed by atoms with van der Waals surface area (Å²) in [7, 11) is 1.86. The Bertz CT molecular complexity index is 1320. The predicted octanol–water partition coefficient (Wildman–Crippen LogP) is 3.21. The van der Waals surface area contributed by atoms with Gasteiger partial charge in [-0.1, -0.05) is 17.1 Å². The van der Waals surface area contributed by atoms with Gasteiger partial charge in [0, 0.05) is 36.6 Å². The quantitative estimate of drug-likeness (QED) is 0.376. The Kier molecular flexibility index (Phi) is 6.18. The summed E-state index contributed by atoms with van der Waals surface area (Å²) in [4.78, 5) is 16.0. The number of aromatic nitrogens is 6. The lowest BCUT2D eigenvalue weighted by Crippen LogP contribution is -2.25. The monoisotopic (exact) mass is 455 g/mol. The molecule has 0 saturated carbocycles. The highest BCUT2D eigenvalue weighted by Gasteiger charge is 2.32. The summed E-state index contributed by atoms with van der Waals surface area (Å²) in [6.45, 7) is 3.32. The SMILES string of the molecule is CNCC#Cc1cc(Nc2cc(C)[nH]n2)nc(N2CCCC2c2cc(-c3ccccn3)no2)n1. The molecule has 4 aromatic rings. The number of hydrogen-bond donors (Lipinski definition) is 3. The number of nitrogens with zero attached hydrogens (tertiary/aromatic N) is 6. The molecule has 5 heterocycles. The van der Waals surface area contributed by atoms with Crippen molar-refractivity contribution in [3.8, 4) is 23.2 Å². The second-order valence-electron chi connectivity index (χ2n) is 8.01. The predicted molar refractivity (Wildman–Crippen MR) is 128 cm³/mol. The van der Waals surface area contributed by atoms with Crippen LogP contribution in [-0.4, -0.2) is 50.4 Å². The lowest BCUT2D eigenvalue weighted by atomic mass is 10.1. The van der Waals surface area contributed by atoms with Gasteiger partial charge in [0.1, 0.15) is 17.2 Å². The van der Waals surface area contributed by atoms with Crippen molar-refractivity contribution in [3.63, 3.8) is 0 Å². The molecular weight excluding hydrogens is 430 g/mol. The Hall–Kier alpha value is -4.23. The molecule has 10 heteroatoms. The maximum Gasteiger partial charge on any atom is 0.229 e. The summed E-state index contributed by atoms with van der Waals surface area (Å²) < 4.78 is 5.74. The molecule has 0 amide bonds. The van der Waals surface area contributed by atoms with Gasteiger partial charge in [0.2, 0.25) is 5.95 Å².